The van der Waals surface area contributed by atoms with Crippen molar-refractivity contribution >= 4 is 11.9 Å². The molecule has 0 aliphatic carbocycles. The van der Waals surface area contributed by atoms with Gasteiger partial charge in [0.05, 0.1) is 5.56 Å². The number of carboxylic acid groups (broad SMARTS) is 1. The fourth-order valence-electron chi connectivity index (χ4n) is 2.30. The van der Waals surface area contributed by atoms with Gasteiger partial charge in [-0.1, -0.05) is 30.3 Å². The summed E-state index contributed by atoms with van der Waals surface area (Å²) in [6, 6.07) is 10.0. The Bertz CT molecular complexity index is 675. The number of carbonyl (C=O) groups excluding carboxylic acids is 1. The van der Waals surface area contributed by atoms with Gasteiger partial charge in [-0.15, -0.1) is 0 Å². The number of rotatable bonds is 5. The quantitative estimate of drug-likeness (QED) is 0.921. The number of hydrogen-bond donors (Lipinski definition) is 1. The Morgan fingerprint density at radius 1 is 1.23 bits per heavy atom. The highest BCUT2D eigenvalue weighted by Gasteiger charge is 2.28. The van der Waals surface area contributed by atoms with Crippen LogP contribution < -0.4 is 0 Å². The van der Waals surface area contributed by atoms with Gasteiger partial charge < -0.3 is 14.4 Å². The van der Waals surface area contributed by atoms with Crippen LogP contribution in [0.5, 0.6) is 0 Å². The van der Waals surface area contributed by atoms with E-state index in [1.165, 1.54) is 11.8 Å². The van der Waals surface area contributed by atoms with E-state index in [1.807, 2.05) is 30.3 Å². The summed E-state index contributed by atoms with van der Waals surface area (Å²) in [5.74, 6) is -0.253. The molecule has 116 valence electrons. The van der Waals surface area contributed by atoms with Crippen molar-refractivity contribution in [2.75, 3.05) is 0 Å². The van der Waals surface area contributed by atoms with Crippen LogP contribution >= 0.6 is 0 Å². The van der Waals surface area contributed by atoms with E-state index in [2.05, 4.69) is 0 Å². The second kappa shape index (κ2) is 6.47. The number of carboxylic acids is 1. The van der Waals surface area contributed by atoms with Crippen LogP contribution in [0.4, 0.5) is 0 Å². The molecule has 1 amide bonds. The largest absolute Gasteiger partial charge is 0.480 e. The summed E-state index contributed by atoms with van der Waals surface area (Å²) in [4.78, 5) is 25.4. The smallest absolute Gasteiger partial charge is 0.326 e. The Balaban J connectivity index is 2.33. The second-order valence-electron chi connectivity index (χ2n) is 5.26. The van der Waals surface area contributed by atoms with Gasteiger partial charge in [-0.2, -0.15) is 0 Å². The lowest BCUT2D eigenvalue weighted by molar-refractivity contribution is -0.141. The predicted octanol–water partition coefficient (Wildman–Crippen LogP) is 3.01. The molecule has 0 aliphatic rings. The summed E-state index contributed by atoms with van der Waals surface area (Å²) >= 11 is 0. The molecule has 0 saturated carbocycles. The van der Waals surface area contributed by atoms with Crippen LogP contribution in [0.15, 0.2) is 40.8 Å². The molecule has 0 spiro atoms. The number of amides is 1. The monoisotopic (exact) mass is 301 g/mol. The topological polar surface area (TPSA) is 70.8 Å². The third kappa shape index (κ3) is 3.36. The van der Waals surface area contributed by atoms with Crippen molar-refractivity contribution in [3.05, 3.63) is 59.0 Å². The van der Waals surface area contributed by atoms with Crippen LogP contribution in [0.3, 0.4) is 0 Å². The number of furan rings is 1. The van der Waals surface area contributed by atoms with Crippen molar-refractivity contribution in [2.24, 2.45) is 0 Å². The van der Waals surface area contributed by atoms with Crippen LogP contribution in [0.2, 0.25) is 0 Å². The van der Waals surface area contributed by atoms with E-state index < -0.39 is 12.0 Å². The molecule has 1 aromatic carbocycles. The first-order valence-electron chi connectivity index (χ1n) is 7.05. The Morgan fingerprint density at radius 2 is 1.86 bits per heavy atom. The molecule has 0 aliphatic heterocycles. The van der Waals surface area contributed by atoms with Crippen molar-refractivity contribution < 1.29 is 19.1 Å². The fourth-order valence-corrected chi connectivity index (χ4v) is 2.30. The SMILES string of the molecule is Cc1cc(C(=O)N(Cc2ccccc2)C(C)C(=O)O)c(C)o1. The van der Waals surface area contributed by atoms with Gasteiger partial charge in [-0.05, 0) is 32.4 Å². The summed E-state index contributed by atoms with van der Waals surface area (Å²) in [7, 11) is 0. The summed E-state index contributed by atoms with van der Waals surface area (Å²) in [5.41, 5.74) is 1.28. The first kappa shape index (κ1) is 15.8. The zero-order chi connectivity index (χ0) is 16.3. The average Bonchev–Trinajstić information content (AvgIpc) is 2.83. The van der Waals surface area contributed by atoms with Crippen LogP contribution in [0.1, 0.15) is 34.4 Å². The van der Waals surface area contributed by atoms with Crippen molar-refractivity contribution in [1.29, 1.82) is 0 Å². The van der Waals surface area contributed by atoms with E-state index in [4.69, 9.17) is 4.42 Å². The lowest BCUT2D eigenvalue weighted by Crippen LogP contribution is -2.42. The maximum absolute atomic E-state index is 12.7. The molecule has 1 N–H and O–H groups in total. The minimum Gasteiger partial charge on any atom is -0.480 e. The molecule has 5 heteroatoms. The Labute approximate surface area is 129 Å². The van der Waals surface area contributed by atoms with Gasteiger partial charge in [0.2, 0.25) is 0 Å². The highest BCUT2D eigenvalue weighted by molar-refractivity contribution is 5.97. The summed E-state index contributed by atoms with van der Waals surface area (Å²) < 4.78 is 5.38. The molecule has 0 fully saturated rings. The van der Waals surface area contributed by atoms with E-state index in [-0.39, 0.29) is 12.5 Å². The molecule has 1 unspecified atom stereocenters. The third-order valence-electron chi connectivity index (χ3n) is 3.55. The molecular formula is C17H19NO4. The molecule has 2 aromatic rings. The van der Waals surface area contributed by atoms with Crippen molar-refractivity contribution in [1.82, 2.24) is 4.90 Å². The molecule has 1 heterocycles. The predicted molar refractivity (Wildman–Crippen MR) is 81.6 cm³/mol. The normalized spacial score (nSPS) is 12.0. The Hall–Kier alpha value is -2.56. The molecule has 2 rings (SSSR count). The number of benzene rings is 1. The van der Waals surface area contributed by atoms with E-state index in [0.29, 0.717) is 17.1 Å². The summed E-state index contributed by atoms with van der Waals surface area (Å²) in [6.07, 6.45) is 0. The van der Waals surface area contributed by atoms with Crippen molar-refractivity contribution in [3.63, 3.8) is 0 Å². The van der Waals surface area contributed by atoms with Crippen LogP contribution in [-0.2, 0) is 11.3 Å². The Kier molecular flexibility index (Phi) is 4.65. The number of aryl methyl sites for hydroxylation is 2. The van der Waals surface area contributed by atoms with Gasteiger partial charge in [0.1, 0.15) is 17.6 Å². The van der Waals surface area contributed by atoms with Gasteiger partial charge >= 0.3 is 5.97 Å². The van der Waals surface area contributed by atoms with Crippen LogP contribution in [-0.4, -0.2) is 27.9 Å². The van der Waals surface area contributed by atoms with E-state index in [0.717, 1.165) is 5.56 Å². The third-order valence-corrected chi connectivity index (χ3v) is 3.55. The maximum atomic E-state index is 12.7. The summed E-state index contributed by atoms with van der Waals surface area (Å²) in [5, 5.41) is 9.28. The first-order chi connectivity index (χ1) is 10.4. The highest BCUT2D eigenvalue weighted by atomic mass is 16.4. The Morgan fingerprint density at radius 3 is 2.36 bits per heavy atom. The number of aliphatic carboxylic acids is 1. The minimum atomic E-state index is -1.04. The number of nitrogens with zero attached hydrogens (tertiary/aromatic N) is 1. The molecule has 1 atom stereocenters. The maximum Gasteiger partial charge on any atom is 0.326 e. The molecule has 0 bridgehead atoms. The van der Waals surface area contributed by atoms with Crippen molar-refractivity contribution in [2.45, 2.75) is 33.4 Å². The lowest BCUT2D eigenvalue weighted by atomic mass is 10.1. The molecule has 5 nitrogen and oxygen atoms in total. The van der Waals surface area contributed by atoms with E-state index >= 15 is 0 Å². The van der Waals surface area contributed by atoms with E-state index in [1.54, 1.807) is 19.9 Å². The zero-order valence-electron chi connectivity index (χ0n) is 12.9. The van der Waals surface area contributed by atoms with Gasteiger partial charge in [-0.25, -0.2) is 4.79 Å². The molecule has 0 saturated heterocycles. The fraction of sp³-hybridized carbons (Fsp3) is 0.294. The van der Waals surface area contributed by atoms with E-state index in [9.17, 15) is 14.7 Å². The summed E-state index contributed by atoms with van der Waals surface area (Å²) in [6.45, 7) is 5.19. The first-order valence-corrected chi connectivity index (χ1v) is 7.05. The second-order valence-corrected chi connectivity index (χ2v) is 5.26. The van der Waals surface area contributed by atoms with Crippen LogP contribution in [0, 0.1) is 13.8 Å². The highest BCUT2D eigenvalue weighted by Crippen LogP contribution is 2.19. The lowest BCUT2D eigenvalue weighted by Gasteiger charge is -2.26. The van der Waals surface area contributed by atoms with Crippen LogP contribution in [0.25, 0.3) is 0 Å². The number of hydrogen-bond acceptors (Lipinski definition) is 3. The number of carbonyl (C=O) groups is 2. The van der Waals surface area contributed by atoms with Gasteiger partial charge in [0, 0.05) is 6.54 Å². The molecule has 1 aromatic heterocycles. The van der Waals surface area contributed by atoms with Crippen molar-refractivity contribution in [3.8, 4) is 0 Å². The molecule has 22 heavy (non-hydrogen) atoms. The molecular weight excluding hydrogens is 282 g/mol. The zero-order valence-corrected chi connectivity index (χ0v) is 12.9. The van der Waals surface area contributed by atoms with Gasteiger partial charge in [-0.3, -0.25) is 4.79 Å². The minimum absolute atomic E-state index is 0.233. The van der Waals surface area contributed by atoms with Gasteiger partial charge in [0.25, 0.3) is 5.91 Å². The average molecular weight is 301 g/mol. The van der Waals surface area contributed by atoms with Gasteiger partial charge in [0.15, 0.2) is 0 Å². The standard InChI is InChI=1S/C17H19NO4/c1-11-9-15(13(3)22-11)16(19)18(12(2)17(20)21)10-14-7-5-4-6-8-14/h4-9,12H,10H2,1-3H3,(H,20,21). The molecule has 0 radical (unpaired) electrons.